The van der Waals surface area contributed by atoms with Gasteiger partial charge in [0, 0.05) is 13.5 Å². The van der Waals surface area contributed by atoms with Crippen molar-refractivity contribution in [3.05, 3.63) is 0 Å². The van der Waals surface area contributed by atoms with Crippen molar-refractivity contribution in [1.82, 2.24) is 5.32 Å². The zero-order valence-electron chi connectivity index (χ0n) is 10.1. The maximum absolute atomic E-state index is 11.8. The summed E-state index contributed by atoms with van der Waals surface area (Å²) in [5.41, 5.74) is -0.568. The second-order valence-corrected chi connectivity index (χ2v) is 3.62. The first-order valence-corrected chi connectivity index (χ1v) is 5.44. The van der Waals surface area contributed by atoms with E-state index in [-0.39, 0.29) is 11.9 Å². The maximum Gasteiger partial charge on any atom is 0.313 e. The van der Waals surface area contributed by atoms with E-state index in [4.69, 9.17) is 4.74 Å². The normalized spacial score (nSPS) is 10.9. The van der Waals surface area contributed by atoms with E-state index in [0.717, 1.165) is 0 Å². The first-order valence-electron chi connectivity index (χ1n) is 5.44. The van der Waals surface area contributed by atoms with E-state index >= 15 is 0 Å². The Labute approximate surface area is 91.4 Å². The summed E-state index contributed by atoms with van der Waals surface area (Å²) in [6.45, 7) is 7.83. The molecule has 4 heteroatoms. The van der Waals surface area contributed by atoms with E-state index in [0.29, 0.717) is 26.0 Å². The van der Waals surface area contributed by atoms with E-state index in [2.05, 4.69) is 5.32 Å². The van der Waals surface area contributed by atoms with Crippen molar-refractivity contribution in [2.24, 2.45) is 5.41 Å². The van der Waals surface area contributed by atoms with Crippen LogP contribution in [0.2, 0.25) is 0 Å². The standard InChI is InChI=1S/C11H21NO3/c1-5-11(6-2,8-12-9(4)13)10(14)15-7-3/h5-8H2,1-4H3,(H,12,13). The van der Waals surface area contributed by atoms with Crippen molar-refractivity contribution >= 4 is 11.9 Å². The predicted octanol–water partition coefficient (Wildman–Crippen LogP) is 1.49. The highest BCUT2D eigenvalue weighted by atomic mass is 16.5. The molecule has 88 valence electrons. The topological polar surface area (TPSA) is 55.4 Å². The van der Waals surface area contributed by atoms with Crippen LogP contribution < -0.4 is 5.32 Å². The minimum absolute atomic E-state index is 0.120. The molecule has 0 unspecified atom stereocenters. The van der Waals surface area contributed by atoms with Crippen molar-refractivity contribution in [2.75, 3.05) is 13.2 Å². The number of hydrogen-bond donors (Lipinski definition) is 1. The largest absolute Gasteiger partial charge is 0.466 e. The average Bonchev–Trinajstić information content (AvgIpc) is 2.20. The molecule has 15 heavy (non-hydrogen) atoms. The highest BCUT2D eigenvalue weighted by molar-refractivity contribution is 5.79. The Hall–Kier alpha value is -1.06. The summed E-state index contributed by atoms with van der Waals surface area (Å²) in [4.78, 5) is 22.6. The highest BCUT2D eigenvalue weighted by Gasteiger charge is 2.36. The third-order valence-corrected chi connectivity index (χ3v) is 2.74. The molecule has 0 spiro atoms. The van der Waals surface area contributed by atoms with Gasteiger partial charge in [-0.1, -0.05) is 13.8 Å². The summed E-state index contributed by atoms with van der Waals surface area (Å²) in [5.74, 6) is -0.339. The first kappa shape index (κ1) is 13.9. The number of rotatable bonds is 6. The van der Waals surface area contributed by atoms with Crippen LogP contribution in [0.15, 0.2) is 0 Å². The second-order valence-electron chi connectivity index (χ2n) is 3.62. The number of amides is 1. The van der Waals surface area contributed by atoms with Crippen LogP contribution in [-0.2, 0) is 14.3 Å². The van der Waals surface area contributed by atoms with E-state index < -0.39 is 5.41 Å². The molecule has 0 aromatic carbocycles. The van der Waals surface area contributed by atoms with Crippen LogP contribution in [0.4, 0.5) is 0 Å². The summed E-state index contributed by atoms with van der Waals surface area (Å²) in [7, 11) is 0. The molecule has 0 saturated heterocycles. The maximum atomic E-state index is 11.8. The Bertz CT molecular complexity index is 222. The Morgan fingerprint density at radius 3 is 2.07 bits per heavy atom. The number of hydrogen-bond acceptors (Lipinski definition) is 3. The number of carbonyl (C=O) groups excluding carboxylic acids is 2. The lowest BCUT2D eigenvalue weighted by Crippen LogP contribution is -2.42. The summed E-state index contributed by atoms with van der Waals surface area (Å²) >= 11 is 0. The van der Waals surface area contributed by atoms with Gasteiger partial charge in [0.05, 0.1) is 12.0 Å². The van der Waals surface area contributed by atoms with Crippen LogP contribution in [0, 0.1) is 5.41 Å². The summed E-state index contributed by atoms with van der Waals surface area (Å²) in [6.07, 6.45) is 1.34. The zero-order chi connectivity index (χ0) is 11.9. The van der Waals surface area contributed by atoms with Gasteiger partial charge in [0.25, 0.3) is 0 Å². The molecule has 1 amide bonds. The van der Waals surface area contributed by atoms with Crippen molar-refractivity contribution in [1.29, 1.82) is 0 Å². The van der Waals surface area contributed by atoms with Crippen molar-refractivity contribution in [3.63, 3.8) is 0 Å². The van der Waals surface area contributed by atoms with Crippen molar-refractivity contribution in [3.8, 4) is 0 Å². The molecule has 0 aliphatic rings. The lowest BCUT2D eigenvalue weighted by atomic mass is 9.82. The van der Waals surface area contributed by atoms with Gasteiger partial charge in [-0.2, -0.15) is 0 Å². The molecule has 0 heterocycles. The quantitative estimate of drug-likeness (QED) is 0.683. The van der Waals surface area contributed by atoms with E-state index in [1.807, 2.05) is 13.8 Å². The molecule has 0 aromatic rings. The third kappa shape index (κ3) is 3.90. The lowest BCUT2D eigenvalue weighted by molar-refractivity contribution is -0.155. The summed E-state index contributed by atoms with van der Waals surface area (Å²) in [5, 5.41) is 2.69. The number of nitrogens with one attached hydrogen (secondary N) is 1. The molecule has 0 bridgehead atoms. The molecule has 0 aromatic heterocycles. The van der Waals surface area contributed by atoms with Gasteiger partial charge in [0.2, 0.25) is 5.91 Å². The zero-order valence-corrected chi connectivity index (χ0v) is 10.1. The van der Waals surface area contributed by atoms with Gasteiger partial charge in [-0.15, -0.1) is 0 Å². The molecular weight excluding hydrogens is 194 g/mol. The summed E-state index contributed by atoms with van der Waals surface area (Å²) in [6, 6.07) is 0. The highest BCUT2D eigenvalue weighted by Crippen LogP contribution is 2.27. The lowest BCUT2D eigenvalue weighted by Gasteiger charge is -2.28. The molecule has 0 fully saturated rings. The van der Waals surface area contributed by atoms with Gasteiger partial charge in [-0.05, 0) is 19.8 Å². The molecule has 0 radical (unpaired) electrons. The van der Waals surface area contributed by atoms with Crippen LogP contribution in [0.3, 0.4) is 0 Å². The van der Waals surface area contributed by atoms with Crippen LogP contribution in [0.1, 0.15) is 40.5 Å². The second kappa shape index (κ2) is 6.43. The van der Waals surface area contributed by atoms with Crippen molar-refractivity contribution in [2.45, 2.75) is 40.5 Å². The molecule has 4 nitrogen and oxygen atoms in total. The Balaban J connectivity index is 4.55. The Kier molecular flexibility index (Phi) is 5.97. The minimum Gasteiger partial charge on any atom is -0.466 e. The fourth-order valence-electron chi connectivity index (χ4n) is 1.44. The summed E-state index contributed by atoms with van der Waals surface area (Å²) < 4.78 is 5.03. The molecule has 0 aliphatic heterocycles. The predicted molar refractivity (Wildman–Crippen MR) is 58.3 cm³/mol. The minimum atomic E-state index is -0.568. The molecular formula is C11H21NO3. The smallest absolute Gasteiger partial charge is 0.313 e. The molecule has 1 N–H and O–H groups in total. The molecule has 0 saturated carbocycles. The number of ether oxygens (including phenoxy) is 1. The Morgan fingerprint density at radius 2 is 1.73 bits per heavy atom. The monoisotopic (exact) mass is 215 g/mol. The fraction of sp³-hybridized carbons (Fsp3) is 0.818. The van der Waals surface area contributed by atoms with Crippen LogP contribution >= 0.6 is 0 Å². The third-order valence-electron chi connectivity index (χ3n) is 2.74. The van der Waals surface area contributed by atoms with Gasteiger partial charge < -0.3 is 10.1 Å². The van der Waals surface area contributed by atoms with E-state index in [9.17, 15) is 9.59 Å². The number of esters is 1. The van der Waals surface area contributed by atoms with Gasteiger partial charge in [-0.25, -0.2) is 0 Å². The van der Waals surface area contributed by atoms with Crippen LogP contribution in [0.25, 0.3) is 0 Å². The van der Waals surface area contributed by atoms with Crippen LogP contribution in [0.5, 0.6) is 0 Å². The number of carbonyl (C=O) groups is 2. The van der Waals surface area contributed by atoms with Gasteiger partial charge >= 0.3 is 5.97 Å². The molecule has 0 atom stereocenters. The fourth-order valence-corrected chi connectivity index (χ4v) is 1.44. The molecule has 0 aliphatic carbocycles. The SMILES string of the molecule is CCOC(=O)C(CC)(CC)CNC(C)=O. The van der Waals surface area contributed by atoms with E-state index in [1.54, 1.807) is 6.92 Å². The van der Waals surface area contributed by atoms with Gasteiger partial charge in [0.1, 0.15) is 0 Å². The van der Waals surface area contributed by atoms with Gasteiger partial charge in [0.15, 0.2) is 0 Å². The van der Waals surface area contributed by atoms with Gasteiger partial charge in [-0.3, -0.25) is 9.59 Å². The Morgan fingerprint density at radius 1 is 1.20 bits per heavy atom. The van der Waals surface area contributed by atoms with E-state index in [1.165, 1.54) is 6.92 Å². The van der Waals surface area contributed by atoms with Crippen molar-refractivity contribution < 1.29 is 14.3 Å². The van der Waals surface area contributed by atoms with Crippen LogP contribution in [-0.4, -0.2) is 25.0 Å². The molecule has 0 rings (SSSR count). The first-order chi connectivity index (χ1) is 7.02. The average molecular weight is 215 g/mol.